The number of benzene rings is 2. The first-order valence-electron chi connectivity index (χ1n) is 5.84. The maximum atomic E-state index is 6.23. The summed E-state index contributed by atoms with van der Waals surface area (Å²) in [6.45, 7) is 0. The van der Waals surface area contributed by atoms with E-state index >= 15 is 0 Å². The van der Waals surface area contributed by atoms with E-state index in [0.29, 0.717) is 5.02 Å². The van der Waals surface area contributed by atoms with E-state index in [1.807, 2.05) is 48.5 Å². The van der Waals surface area contributed by atoms with Crippen LogP contribution in [0.25, 0.3) is 11.0 Å². The van der Waals surface area contributed by atoms with E-state index in [1.165, 1.54) is 0 Å². The van der Waals surface area contributed by atoms with E-state index in [9.17, 15) is 0 Å². The Balaban J connectivity index is 2.06. The molecule has 96 valence electrons. The third-order valence-electron chi connectivity index (χ3n) is 3.03. The molecule has 0 saturated heterocycles. The first-order chi connectivity index (χ1) is 9.15. The van der Waals surface area contributed by atoms with Crippen molar-refractivity contribution in [3.05, 3.63) is 69.3 Å². The fraction of sp³-hybridized carbons (Fsp3) is 0.0667. The normalized spacial score (nSPS) is 12.8. The first-order valence-corrected chi connectivity index (χ1v) is 7.01. The van der Waals surface area contributed by atoms with Crippen molar-refractivity contribution >= 4 is 38.5 Å². The molecule has 0 bridgehead atoms. The molecule has 4 heteroatoms. The Hall–Kier alpha value is -1.29. The average molecular weight is 337 g/mol. The van der Waals surface area contributed by atoms with E-state index < -0.39 is 0 Å². The summed E-state index contributed by atoms with van der Waals surface area (Å²) in [5, 5.41) is 1.70. The second-order valence-corrected chi connectivity index (χ2v) is 5.63. The molecule has 3 aromatic rings. The average Bonchev–Trinajstić information content (AvgIpc) is 2.83. The van der Waals surface area contributed by atoms with Gasteiger partial charge in [0.1, 0.15) is 11.3 Å². The molecule has 2 aromatic carbocycles. The lowest BCUT2D eigenvalue weighted by Gasteiger charge is -2.09. The molecule has 0 fully saturated rings. The van der Waals surface area contributed by atoms with Gasteiger partial charge in [-0.3, -0.25) is 0 Å². The molecule has 0 spiro atoms. The third kappa shape index (κ3) is 2.41. The SMILES string of the molecule is NC(c1cccc(Cl)c1)c1cc2cccc(Br)c2o1. The van der Waals surface area contributed by atoms with Gasteiger partial charge in [0.15, 0.2) is 0 Å². The molecule has 1 aromatic heterocycles. The minimum atomic E-state index is -0.321. The van der Waals surface area contributed by atoms with E-state index in [0.717, 1.165) is 26.8 Å². The predicted octanol–water partition coefficient (Wildman–Crippen LogP) is 4.90. The summed E-state index contributed by atoms with van der Waals surface area (Å²) in [4.78, 5) is 0. The van der Waals surface area contributed by atoms with Crippen molar-refractivity contribution in [1.29, 1.82) is 0 Å². The van der Waals surface area contributed by atoms with Gasteiger partial charge in [0.2, 0.25) is 0 Å². The number of hydrogen-bond donors (Lipinski definition) is 1. The van der Waals surface area contributed by atoms with Gasteiger partial charge in [0, 0.05) is 10.4 Å². The molecule has 1 unspecified atom stereocenters. The fourth-order valence-electron chi connectivity index (χ4n) is 2.07. The second-order valence-electron chi connectivity index (χ2n) is 4.34. The summed E-state index contributed by atoms with van der Waals surface area (Å²) < 4.78 is 6.77. The molecular weight excluding hydrogens is 326 g/mol. The molecule has 19 heavy (non-hydrogen) atoms. The number of para-hydroxylation sites is 1. The summed E-state index contributed by atoms with van der Waals surface area (Å²) in [7, 11) is 0. The standard InChI is InChI=1S/C15H11BrClNO/c16-12-6-2-4-10-8-13(19-15(10)12)14(18)9-3-1-5-11(17)7-9/h1-8,14H,18H2. The maximum Gasteiger partial charge on any atom is 0.148 e. The van der Waals surface area contributed by atoms with Crippen molar-refractivity contribution in [2.45, 2.75) is 6.04 Å². The number of fused-ring (bicyclic) bond motifs is 1. The topological polar surface area (TPSA) is 39.2 Å². The second kappa shape index (κ2) is 5.00. The van der Waals surface area contributed by atoms with Crippen LogP contribution in [0, 0.1) is 0 Å². The van der Waals surface area contributed by atoms with Crippen molar-refractivity contribution in [1.82, 2.24) is 0 Å². The Kier molecular flexibility index (Phi) is 3.35. The van der Waals surface area contributed by atoms with Crippen LogP contribution in [0.4, 0.5) is 0 Å². The van der Waals surface area contributed by atoms with Crippen molar-refractivity contribution in [2.75, 3.05) is 0 Å². The first kappa shape index (κ1) is 12.7. The van der Waals surface area contributed by atoms with Crippen LogP contribution in [0.1, 0.15) is 17.4 Å². The van der Waals surface area contributed by atoms with Crippen LogP contribution in [0.3, 0.4) is 0 Å². The highest BCUT2D eigenvalue weighted by Crippen LogP contribution is 2.31. The van der Waals surface area contributed by atoms with Gasteiger partial charge in [-0.1, -0.05) is 35.9 Å². The number of halogens is 2. The molecule has 0 aliphatic heterocycles. The lowest BCUT2D eigenvalue weighted by Crippen LogP contribution is -2.10. The molecule has 0 aliphatic rings. The van der Waals surface area contributed by atoms with Crippen LogP contribution in [0.15, 0.2) is 57.4 Å². The van der Waals surface area contributed by atoms with Crippen molar-refractivity contribution < 1.29 is 4.42 Å². The predicted molar refractivity (Wildman–Crippen MR) is 81.4 cm³/mol. The van der Waals surface area contributed by atoms with Crippen LogP contribution in [-0.2, 0) is 0 Å². The molecule has 0 amide bonds. The largest absolute Gasteiger partial charge is 0.458 e. The number of nitrogens with two attached hydrogens (primary N) is 1. The van der Waals surface area contributed by atoms with Gasteiger partial charge in [-0.05, 0) is 45.8 Å². The summed E-state index contributed by atoms with van der Waals surface area (Å²) in [5.74, 6) is 0.726. The van der Waals surface area contributed by atoms with Gasteiger partial charge in [0.05, 0.1) is 10.5 Å². The lowest BCUT2D eigenvalue weighted by atomic mass is 10.1. The van der Waals surface area contributed by atoms with E-state index in [1.54, 1.807) is 0 Å². The molecule has 3 rings (SSSR count). The molecule has 1 atom stereocenters. The molecule has 0 radical (unpaired) electrons. The summed E-state index contributed by atoms with van der Waals surface area (Å²) >= 11 is 9.46. The highest BCUT2D eigenvalue weighted by atomic mass is 79.9. The Morgan fingerprint density at radius 1 is 1.11 bits per heavy atom. The van der Waals surface area contributed by atoms with Crippen LogP contribution >= 0.6 is 27.5 Å². The monoisotopic (exact) mass is 335 g/mol. The number of hydrogen-bond acceptors (Lipinski definition) is 2. The van der Waals surface area contributed by atoms with Gasteiger partial charge < -0.3 is 10.2 Å². The molecule has 2 nitrogen and oxygen atoms in total. The minimum absolute atomic E-state index is 0.321. The van der Waals surface area contributed by atoms with Crippen LogP contribution < -0.4 is 5.73 Å². The zero-order chi connectivity index (χ0) is 13.4. The minimum Gasteiger partial charge on any atom is -0.458 e. The summed E-state index contributed by atoms with van der Waals surface area (Å²) in [5.41, 5.74) is 7.98. The van der Waals surface area contributed by atoms with Gasteiger partial charge >= 0.3 is 0 Å². The smallest absolute Gasteiger partial charge is 0.148 e. The zero-order valence-corrected chi connectivity index (χ0v) is 12.3. The molecular formula is C15H11BrClNO. The van der Waals surface area contributed by atoms with Crippen molar-refractivity contribution in [2.24, 2.45) is 5.73 Å². The summed E-state index contributed by atoms with van der Waals surface area (Å²) in [6.07, 6.45) is 0. The van der Waals surface area contributed by atoms with Crippen molar-refractivity contribution in [3.8, 4) is 0 Å². The Morgan fingerprint density at radius 3 is 2.63 bits per heavy atom. The van der Waals surface area contributed by atoms with E-state index in [2.05, 4.69) is 15.9 Å². The number of rotatable bonds is 2. The molecule has 2 N–H and O–H groups in total. The zero-order valence-electron chi connectivity index (χ0n) is 9.94. The van der Waals surface area contributed by atoms with E-state index in [-0.39, 0.29) is 6.04 Å². The Bertz CT molecular complexity index is 738. The Labute approximate surface area is 124 Å². The highest BCUT2D eigenvalue weighted by molar-refractivity contribution is 9.10. The Morgan fingerprint density at radius 2 is 1.89 bits per heavy atom. The molecule has 0 saturated carbocycles. The lowest BCUT2D eigenvalue weighted by molar-refractivity contribution is 0.524. The van der Waals surface area contributed by atoms with E-state index in [4.69, 9.17) is 21.8 Å². The van der Waals surface area contributed by atoms with Gasteiger partial charge in [0.25, 0.3) is 0 Å². The quantitative estimate of drug-likeness (QED) is 0.723. The third-order valence-corrected chi connectivity index (χ3v) is 3.89. The van der Waals surface area contributed by atoms with Crippen LogP contribution in [-0.4, -0.2) is 0 Å². The maximum absolute atomic E-state index is 6.23. The van der Waals surface area contributed by atoms with Gasteiger partial charge in [-0.2, -0.15) is 0 Å². The molecule has 0 aliphatic carbocycles. The van der Waals surface area contributed by atoms with Gasteiger partial charge in [-0.25, -0.2) is 0 Å². The molecule has 1 heterocycles. The van der Waals surface area contributed by atoms with Crippen LogP contribution in [0.5, 0.6) is 0 Å². The fourth-order valence-corrected chi connectivity index (χ4v) is 2.73. The van der Waals surface area contributed by atoms with Gasteiger partial charge in [-0.15, -0.1) is 0 Å². The highest BCUT2D eigenvalue weighted by Gasteiger charge is 2.15. The van der Waals surface area contributed by atoms with Crippen molar-refractivity contribution in [3.63, 3.8) is 0 Å². The summed E-state index contributed by atoms with van der Waals surface area (Å²) in [6, 6.07) is 15.1. The van der Waals surface area contributed by atoms with Crippen LogP contribution in [0.2, 0.25) is 5.02 Å². The number of furan rings is 1.